The van der Waals surface area contributed by atoms with Gasteiger partial charge in [0.05, 0.1) is 5.60 Å². The molecule has 0 aromatic carbocycles. The van der Waals surface area contributed by atoms with Gasteiger partial charge in [-0.1, -0.05) is 6.92 Å². The molecule has 1 atom stereocenters. The highest BCUT2D eigenvalue weighted by Gasteiger charge is 2.40. The summed E-state index contributed by atoms with van der Waals surface area (Å²) in [5.74, 6) is 0.678. The van der Waals surface area contributed by atoms with Crippen LogP contribution in [0.15, 0.2) is 11.4 Å². The number of aryl methyl sites for hydroxylation is 1. The Hall–Kier alpha value is -0.380. The first-order chi connectivity index (χ1) is 7.53. The smallest absolute Gasteiger partial charge is 0.117 e. The first-order valence-electron chi connectivity index (χ1n) is 5.97. The lowest BCUT2D eigenvalue weighted by Crippen LogP contribution is -2.39. The second-order valence-electron chi connectivity index (χ2n) is 5.16. The lowest BCUT2D eigenvalue weighted by atomic mass is 9.76. The van der Waals surface area contributed by atoms with Crippen molar-refractivity contribution in [2.45, 2.75) is 51.2 Å². The van der Waals surface area contributed by atoms with Crippen LogP contribution in [0.3, 0.4) is 0 Å². The molecule has 2 rings (SSSR count). The van der Waals surface area contributed by atoms with E-state index in [0.717, 1.165) is 23.3 Å². The van der Waals surface area contributed by atoms with Gasteiger partial charge < -0.3 is 10.2 Å². The van der Waals surface area contributed by atoms with Crippen LogP contribution in [0.2, 0.25) is 0 Å². The van der Waals surface area contributed by atoms with Crippen molar-refractivity contribution in [3.63, 3.8) is 0 Å². The number of hydrogen-bond donors (Lipinski definition) is 2. The van der Waals surface area contributed by atoms with Crippen molar-refractivity contribution in [1.82, 2.24) is 0 Å². The van der Waals surface area contributed by atoms with E-state index in [1.807, 2.05) is 18.4 Å². The molecular formula is C13H20O2S. The normalized spacial score (nSPS) is 32.6. The minimum absolute atomic E-state index is 0.678. The first-order valence-corrected chi connectivity index (χ1v) is 6.85. The van der Waals surface area contributed by atoms with E-state index in [1.165, 1.54) is 0 Å². The van der Waals surface area contributed by atoms with Gasteiger partial charge in [-0.05, 0) is 55.5 Å². The van der Waals surface area contributed by atoms with E-state index in [-0.39, 0.29) is 0 Å². The maximum absolute atomic E-state index is 10.5. The van der Waals surface area contributed by atoms with Crippen LogP contribution in [0.4, 0.5) is 0 Å². The summed E-state index contributed by atoms with van der Waals surface area (Å²) in [5, 5.41) is 22.8. The SMILES string of the molecule is Cc1ccsc1C(O)C1(O)CCC(C)CC1. The predicted molar refractivity (Wildman–Crippen MR) is 66.6 cm³/mol. The van der Waals surface area contributed by atoms with Gasteiger partial charge in [0.2, 0.25) is 0 Å². The molecule has 1 aromatic heterocycles. The molecule has 3 heteroatoms. The van der Waals surface area contributed by atoms with Crippen LogP contribution >= 0.6 is 11.3 Å². The zero-order chi connectivity index (χ0) is 11.8. The highest BCUT2D eigenvalue weighted by molar-refractivity contribution is 7.10. The Labute approximate surface area is 101 Å². The lowest BCUT2D eigenvalue weighted by molar-refractivity contribution is -0.104. The third kappa shape index (κ3) is 2.17. The van der Waals surface area contributed by atoms with Crippen molar-refractivity contribution in [2.75, 3.05) is 0 Å². The maximum Gasteiger partial charge on any atom is 0.117 e. The Morgan fingerprint density at radius 3 is 2.56 bits per heavy atom. The van der Waals surface area contributed by atoms with Crippen LogP contribution in [0.5, 0.6) is 0 Å². The minimum atomic E-state index is -0.901. The zero-order valence-electron chi connectivity index (χ0n) is 9.94. The molecule has 1 heterocycles. The summed E-state index contributed by atoms with van der Waals surface area (Å²) < 4.78 is 0. The summed E-state index contributed by atoms with van der Waals surface area (Å²) in [5.41, 5.74) is 0.187. The second kappa shape index (κ2) is 4.47. The topological polar surface area (TPSA) is 40.5 Å². The second-order valence-corrected chi connectivity index (χ2v) is 6.10. The molecule has 0 radical (unpaired) electrons. The molecule has 0 bridgehead atoms. The molecule has 0 spiro atoms. The Morgan fingerprint density at radius 2 is 2.06 bits per heavy atom. The summed E-state index contributed by atoms with van der Waals surface area (Å²) in [6.45, 7) is 4.20. The molecule has 1 fully saturated rings. The van der Waals surface area contributed by atoms with Crippen LogP contribution in [0.25, 0.3) is 0 Å². The van der Waals surface area contributed by atoms with E-state index in [1.54, 1.807) is 11.3 Å². The molecule has 16 heavy (non-hydrogen) atoms. The third-order valence-electron chi connectivity index (χ3n) is 3.80. The molecule has 90 valence electrons. The van der Waals surface area contributed by atoms with Crippen molar-refractivity contribution >= 4 is 11.3 Å². The summed E-state index contributed by atoms with van der Waals surface area (Å²) in [6.07, 6.45) is 2.75. The first kappa shape index (κ1) is 12.1. The molecule has 1 saturated carbocycles. The Morgan fingerprint density at radius 1 is 1.44 bits per heavy atom. The number of aliphatic hydroxyl groups is 2. The van der Waals surface area contributed by atoms with E-state index >= 15 is 0 Å². The molecule has 0 saturated heterocycles. The number of aliphatic hydroxyl groups excluding tert-OH is 1. The summed E-state index contributed by atoms with van der Waals surface area (Å²) >= 11 is 1.54. The summed E-state index contributed by atoms with van der Waals surface area (Å²) in [4.78, 5) is 0.928. The van der Waals surface area contributed by atoms with Gasteiger partial charge in [-0.15, -0.1) is 11.3 Å². The Kier molecular flexibility index (Phi) is 3.38. The summed E-state index contributed by atoms with van der Waals surface area (Å²) in [6, 6.07) is 2.00. The van der Waals surface area contributed by atoms with Gasteiger partial charge in [0.25, 0.3) is 0 Å². The molecule has 2 nitrogen and oxygen atoms in total. The number of thiophene rings is 1. The average Bonchev–Trinajstić information content (AvgIpc) is 2.68. The van der Waals surface area contributed by atoms with Gasteiger partial charge in [0.1, 0.15) is 6.10 Å². The van der Waals surface area contributed by atoms with Gasteiger partial charge in [0.15, 0.2) is 0 Å². The monoisotopic (exact) mass is 240 g/mol. The van der Waals surface area contributed by atoms with E-state index in [0.29, 0.717) is 18.8 Å². The quantitative estimate of drug-likeness (QED) is 0.834. The molecule has 1 unspecified atom stereocenters. The van der Waals surface area contributed by atoms with Gasteiger partial charge in [-0.25, -0.2) is 0 Å². The van der Waals surface area contributed by atoms with Gasteiger partial charge >= 0.3 is 0 Å². The van der Waals surface area contributed by atoms with Crippen molar-refractivity contribution in [3.05, 3.63) is 21.9 Å². The molecule has 1 aliphatic rings. The number of rotatable bonds is 2. The maximum atomic E-state index is 10.5. The summed E-state index contributed by atoms with van der Waals surface area (Å²) in [7, 11) is 0. The van der Waals surface area contributed by atoms with Gasteiger partial charge in [-0.2, -0.15) is 0 Å². The van der Waals surface area contributed by atoms with Crippen LogP contribution < -0.4 is 0 Å². The fourth-order valence-corrected chi connectivity index (χ4v) is 3.47. The van der Waals surface area contributed by atoms with E-state index in [9.17, 15) is 10.2 Å². The highest BCUT2D eigenvalue weighted by atomic mass is 32.1. The van der Waals surface area contributed by atoms with Crippen molar-refractivity contribution in [3.8, 4) is 0 Å². The van der Waals surface area contributed by atoms with Crippen LogP contribution in [0.1, 0.15) is 49.2 Å². The average molecular weight is 240 g/mol. The molecular weight excluding hydrogens is 220 g/mol. The Bertz CT molecular complexity index is 351. The van der Waals surface area contributed by atoms with E-state index in [4.69, 9.17) is 0 Å². The standard InChI is InChI=1S/C13H20O2S/c1-9-3-6-13(15,7-4-9)12(14)11-10(2)5-8-16-11/h5,8-9,12,14-15H,3-4,6-7H2,1-2H3. The van der Waals surface area contributed by atoms with E-state index < -0.39 is 11.7 Å². The van der Waals surface area contributed by atoms with E-state index in [2.05, 4.69) is 6.92 Å². The molecule has 2 N–H and O–H groups in total. The highest BCUT2D eigenvalue weighted by Crippen LogP contribution is 2.42. The Balaban J connectivity index is 2.15. The lowest BCUT2D eigenvalue weighted by Gasteiger charge is -2.38. The van der Waals surface area contributed by atoms with Crippen LogP contribution in [-0.2, 0) is 0 Å². The number of hydrogen-bond acceptors (Lipinski definition) is 3. The zero-order valence-corrected chi connectivity index (χ0v) is 10.8. The third-order valence-corrected chi connectivity index (χ3v) is 4.87. The van der Waals surface area contributed by atoms with Crippen molar-refractivity contribution in [2.24, 2.45) is 5.92 Å². The van der Waals surface area contributed by atoms with Gasteiger partial charge in [-0.3, -0.25) is 0 Å². The molecule has 1 aliphatic carbocycles. The van der Waals surface area contributed by atoms with Crippen LogP contribution in [0, 0.1) is 12.8 Å². The minimum Gasteiger partial charge on any atom is -0.387 e. The predicted octanol–water partition coefficient (Wildman–Crippen LogP) is 3.03. The van der Waals surface area contributed by atoms with Gasteiger partial charge in [0, 0.05) is 4.88 Å². The van der Waals surface area contributed by atoms with Crippen molar-refractivity contribution < 1.29 is 10.2 Å². The molecule has 1 aromatic rings. The fourth-order valence-electron chi connectivity index (χ4n) is 2.44. The van der Waals surface area contributed by atoms with Crippen LogP contribution in [-0.4, -0.2) is 15.8 Å². The van der Waals surface area contributed by atoms with Crippen molar-refractivity contribution in [1.29, 1.82) is 0 Å². The largest absolute Gasteiger partial charge is 0.387 e. The fraction of sp³-hybridized carbons (Fsp3) is 0.692. The molecule has 0 aliphatic heterocycles. The molecule has 0 amide bonds.